The Kier molecular flexibility index (Phi) is 4.99. The lowest BCUT2D eigenvalue weighted by Crippen LogP contribution is -2.61. The van der Waals surface area contributed by atoms with Crippen LogP contribution in [0.15, 0.2) is 18.2 Å². The standard InChI is InChI=1S/C17H28N2O2/c1-6-20-15-9-8-14(10-16(15)21-7-2)19-12-17(4,5)18-11-13(19)3/h8-10,13,18H,6-7,11-12H2,1-5H3. The van der Waals surface area contributed by atoms with Gasteiger partial charge in [-0.05, 0) is 46.8 Å². The summed E-state index contributed by atoms with van der Waals surface area (Å²) < 4.78 is 11.4. The lowest BCUT2D eigenvalue weighted by atomic mass is 9.98. The molecule has 1 aromatic carbocycles. The highest BCUT2D eigenvalue weighted by Gasteiger charge is 2.30. The van der Waals surface area contributed by atoms with Crippen molar-refractivity contribution < 1.29 is 9.47 Å². The van der Waals surface area contributed by atoms with Crippen molar-refractivity contribution >= 4 is 5.69 Å². The molecule has 2 rings (SSSR count). The average molecular weight is 292 g/mol. The second-order valence-corrected chi connectivity index (χ2v) is 6.24. The van der Waals surface area contributed by atoms with E-state index < -0.39 is 0 Å². The van der Waals surface area contributed by atoms with Crippen molar-refractivity contribution in [1.29, 1.82) is 0 Å². The quantitative estimate of drug-likeness (QED) is 0.904. The summed E-state index contributed by atoms with van der Waals surface area (Å²) >= 11 is 0. The summed E-state index contributed by atoms with van der Waals surface area (Å²) in [5.74, 6) is 1.66. The lowest BCUT2D eigenvalue weighted by molar-refractivity contribution is 0.287. The first-order valence-electron chi connectivity index (χ1n) is 7.88. The molecule has 118 valence electrons. The third-order valence-electron chi connectivity index (χ3n) is 3.83. The minimum Gasteiger partial charge on any atom is -0.490 e. The zero-order valence-corrected chi connectivity index (χ0v) is 13.9. The van der Waals surface area contributed by atoms with Crippen molar-refractivity contribution in [3.05, 3.63) is 18.2 Å². The van der Waals surface area contributed by atoms with E-state index in [0.717, 1.165) is 24.6 Å². The van der Waals surface area contributed by atoms with Crippen LogP contribution < -0.4 is 19.7 Å². The smallest absolute Gasteiger partial charge is 0.163 e. The summed E-state index contributed by atoms with van der Waals surface area (Å²) in [5, 5.41) is 3.58. The van der Waals surface area contributed by atoms with Gasteiger partial charge in [-0.2, -0.15) is 0 Å². The molecule has 1 N–H and O–H groups in total. The highest BCUT2D eigenvalue weighted by atomic mass is 16.5. The molecule has 21 heavy (non-hydrogen) atoms. The Morgan fingerprint density at radius 3 is 2.52 bits per heavy atom. The van der Waals surface area contributed by atoms with Gasteiger partial charge in [-0.1, -0.05) is 0 Å². The summed E-state index contributed by atoms with van der Waals surface area (Å²) in [7, 11) is 0. The minimum absolute atomic E-state index is 0.122. The van der Waals surface area contributed by atoms with Gasteiger partial charge in [-0.15, -0.1) is 0 Å². The van der Waals surface area contributed by atoms with E-state index in [4.69, 9.17) is 9.47 Å². The minimum atomic E-state index is 0.122. The summed E-state index contributed by atoms with van der Waals surface area (Å²) in [5.41, 5.74) is 1.32. The van der Waals surface area contributed by atoms with Gasteiger partial charge >= 0.3 is 0 Å². The largest absolute Gasteiger partial charge is 0.490 e. The first kappa shape index (κ1) is 16.0. The monoisotopic (exact) mass is 292 g/mol. The van der Waals surface area contributed by atoms with E-state index in [9.17, 15) is 0 Å². The van der Waals surface area contributed by atoms with Crippen LogP contribution in [0.1, 0.15) is 34.6 Å². The Balaban J connectivity index is 2.28. The number of rotatable bonds is 5. The molecule has 4 heteroatoms. The van der Waals surface area contributed by atoms with E-state index in [1.54, 1.807) is 0 Å². The van der Waals surface area contributed by atoms with E-state index >= 15 is 0 Å². The van der Waals surface area contributed by atoms with Gasteiger partial charge in [0.1, 0.15) is 0 Å². The van der Waals surface area contributed by atoms with Crippen LogP contribution in [0.5, 0.6) is 11.5 Å². The molecule has 1 fully saturated rings. The Morgan fingerprint density at radius 2 is 1.86 bits per heavy atom. The van der Waals surface area contributed by atoms with E-state index in [1.807, 2.05) is 19.9 Å². The normalized spacial score (nSPS) is 21.2. The SMILES string of the molecule is CCOc1ccc(N2CC(C)(C)NCC2C)cc1OCC. The third kappa shape index (κ3) is 3.82. The predicted octanol–water partition coefficient (Wildman–Crippen LogP) is 3.06. The molecular weight excluding hydrogens is 264 g/mol. The molecule has 1 atom stereocenters. The fourth-order valence-corrected chi connectivity index (χ4v) is 2.74. The predicted molar refractivity (Wildman–Crippen MR) is 87.7 cm³/mol. The number of benzene rings is 1. The first-order chi connectivity index (χ1) is 9.96. The van der Waals surface area contributed by atoms with E-state index in [0.29, 0.717) is 19.3 Å². The van der Waals surface area contributed by atoms with Gasteiger partial charge in [0.15, 0.2) is 11.5 Å². The molecule has 1 heterocycles. The molecule has 1 aliphatic rings. The molecule has 4 nitrogen and oxygen atoms in total. The maximum absolute atomic E-state index is 5.74. The van der Waals surface area contributed by atoms with Crippen molar-refractivity contribution in [1.82, 2.24) is 5.32 Å². The Labute approximate surface area is 128 Å². The molecule has 0 saturated carbocycles. The van der Waals surface area contributed by atoms with Gasteiger partial charge in [0.25, 0.3) is 0 Å². The van der Waals surface area contributed by atoms with Crippen LogP contribution in [-0.4, -0.2) is 37.9 Å². The van der Waals surface area contributed by atoms with Crippen LogP contribution in [0.3, 0.4) is 0 Å². The maximum Gasteiger partial charge on any atom is 0.163 e. The van der Waals surface area contributed by atoms with E-state index in [1.165, 1.54) is 5.69 Å². The first-order valence-corrected chi connectivity index (χ1v) is 7.88. The van der Waals surface area contributed by atoms with Crippen LogP contribution in [0.25, 0.3) is 0 Å². The van der Waals surface area contributed by atoms with Gasteiger partial charge in [0, 0.05) is 36.4 Å². The van der Waals surface area contributed by atoms with Crippen molar-refractivity contribution in [2.24, 2.45) is 0 Å². The molecular formula is C17H28N2O2. The number of ether oxygens (including phenoxy) is 2. The molecule has 0 spiro atoms. The number of piperazine rings is 1. The number of hydrogen-bond acceptors (Lipinski definition) is 4. The van der Waals surface area contributed by atoms with Crippen molar-refractivity contribution in [3.8, 4) is 11.5 Å². The Hall–Kier alpha value is -1.42. The summed E-state index contributed by atoms with van der Waals surface area (Å²) in [4.78, 5) is 2.44. The number of hydrogen-bond donors (Lipinski definition) is 1. The van der Waals surface area contributed by atoms with Crippen molar-refractivity contribution in [2.75, 3.05) is 31.2 Å². The highest BCUT2D eigenvalue weighted by molar-refractivity contribution is 5.57. The van der Waals surface area contributed by atoms with Gasteiger partial charge in [-0.3, -0.25) is 0 Å². The molecule has 1 aliphatic heterocycles. The number of nitrogens with one attached hydrogen (secondary N) is 1. The Morgan fingerprint density at radius 1 is 1.19 bits per heavy atom. The van der Waals surface area contributed by atoms with Crippen molar-refractivity contribution in [2.45, 2.75) is 46.2 Å². The zero-order valence-electron chi connectivity index (χ0n) is 13.9. The Bertz CT molecular complexity index is 474. The molecule has 0 aromatic heterocycles. The summed E-state index contributed by atoms with van der Waals surface area (Å²) in [6.07, 6.45) is 0. The summed E-state index contributed by atoms with van der Waals surface area (Å²) in [6, 6.07) is 6.72. The fourth-order valence-electron chi connectivity index (χ4n) is 2.74. The molecule has 0 bridgehead atoms. The molecule has 0 aliphatic carbocycles. The van der Waals surface area contributed by atoms with Crippen LogP contribution in [0, 0.1) is 0 Å². The lowest BCUT2D eigenvalue weighted by Gasteiger charge is -2.44. The van der Waals surface area contributed by atoms with Gasteiger partial charge in [0.2, 0.25) is 0 Å². The second-order valence-electron chi connectivity index (χ2n) is 6.24. The maximum atomic E-state index is 5.74. The third-order valence-corrected chi connectivity index (χ3v) is 3.83. The molecule has 1 aromatic rings. The molecule has 0 amide bonds. The van der Waals surface area contributed by atoms with E-state index in [2.05, 4.69) is 43.1 Å². The second kappa shape index (κ2) is 6.56. The number of nitrogens with zero attached hydrogens (tertiary/aromatic N) is 1. The van der Waals surface area contributed by atoms with Crippen LogP contribution >= 0.6 is 0 Å². The van der Waals surface area contributed by atoms with Crippen molar-refractivity contribution in [3.63, 3.8) is 0 Å². The van der Waals surface area contributed by atoms with E-state index in [-0.39, 0.29) is 5.54 Å². The molecule has 1 saturated heterocycles. The molecule has 1 unspecified atom stereocenters. The van der Waals surface area contributed by atoms with Crippen LogP contribution in [0.2, 0.25) is 0 Å². The fraction of sp³-hybridized carbons (Fsp3) is 0.647. The van der Waals surface area contributed by atoms with Gasteiger partial charge in [-0.25, -0.2) is 0 Å². The highest BCUT2D eigenvalue weighted by Crippen LogP contribution is 2.34. The van der Waals surface area contributed by atoms with Gasteiger partial charge < -0.3 is 19.7 Å². The summed E-state index contributed by atoms with van der Waals surface area (Å²) in [6.45, 7) is 14.0. The topological polar surface area (TPSA) is 33.7 Å². The average Bonchev–Trinajstić information content (AvgIpc) is 2.44. The number of anilines is 1. The van der Waals surface area contributed by atoms with Gasteiger partial charge in [0.05, 0.1) is 13.2 Å². The zero-order chi connectivity index (χ0) is 15.5. The van der Waals surface area contributed by atoms with Crippen LogP contribution in [0.4, 0.5) is 5.69 Å². The molecule has 0 radical (unpaired) electrons. The van der Waals surface area contributed by atoms with Crippen LogP contribution in [-0.2, 0) is 0 Å².